The van der Waals surface area contributed by atoms with Crippen LogP contribution in [0.25, 0.3) is 6.08 Å². The van der Waals surface area contributed by atoms with Gasteiger partial charge in [-0.05, 0) is 46.6 Å². The zero-order valence-corrected chi connectivity index (χ0v) is 12.5. The predicted octanol–water partition coefficient (Wildman–Crippen LogP) is 2.11. The smallest absolute Gasteiger partial charge is 0.352 e. The maximum absolute atomic E-state index is 11.0. The van der Waals surface area contributed by atoms with Crippen molar-refractivity contribution in [2.75, 3.05) is 6.61 Å². The fraction of sp³-hybridized carbons (Fsp3) is 0.231. The Morgan fingerprint density at radius 3 is 2.60 bits per heavy atom. The second kappa shape index (κ2) is 6.95. The van der Waals surface area contributed by atoms with Crippen LogP contribution in [0.4, 0.5) is 0 Å². The Hall–Kier alpha value is -2.02. The van der Waals surface area contributed by atoms with E-state index in [9.17, 15) is 14.7 Å². The largest absolute Gasteiger partial charge is 0.503 e. The Morgan fingerprint density at radius 1 is 1.45 bits per heavy atom. The summed E-state index contributed by atoms with van der Waals surface area (Å²) in [5, 5.41) is 21.0. The van der Waals surface area contributed by atoms with Crippen LogP contribution in [-0.2, 0) is 9.59 Å². The van der Waals surface area contributed by atoms with Crippen LogP contribution in [0.2, 0.25) is 0 Å². The first kappa shape index (κ1) is 16.0. The van der Waals surface area contributed by atoms with Crippen LogP contribution in [0, 0.1) is 0 Å². The first-order valence-electron chi connectivity index (χ1n) is 5.73. The molecule has 0 heterocycles. The lowest BCUT2D eigenvalue weighted by Gasteiger charge is -2.09. The third-order valence-electron chi connectivity index (χ3n) is 2.20. The van der Waals surface area contributed by atoms with Crippen LogP contribution in [-0.4, -0.2) is 28.7 Å². The van der Waals surface area contributed by atoms with Crippen LogP contribution in [0.15, 0.2) is 22.3 Å². The molecule has 0 saturated heterocycles. The van der Waals surface area contributed by atoms with Gasteiger partial charge >= 0.3 is 5.97 Å². The number of carboxylic acids is 1. The Morgan fingerprint density at radius 2 is 2.10 bits per heavy atom. The fourth-order valence-electron chi connectivity index (χ4n) is 1.45. The van der Waals surface area contributed by atoms with Gasteiger partial charge in [0.2, 0.25) is 5.91 Å². The lowest BCUT2D eigenvalue weighted by molar-refractivity contribution is -0.134. The first-order valence-corrected chi connectivity index (χ1v) is 6.52. The van der Waals surface area contributed by atoms with Crippen molar-refractivity contribution < 1.29 is 24.5 Å². The lowest BCUT2D eigenvalue weighted by atomic mass is 10.1. The van der Waals surface area contributed by atoms with Gasteiger partial charge in [-0.1, -0.05) is 0 Å². The number of phenolic OH excluding ortho intramolecular Hbond substituents is 1. The molecule has 1 rings (SSSR count). The summed E-state index contributed by atoms with van der Waals surface area (Å²) in [7, 11) is 0. The summed E-state index contributed by atoms with van der Waals surface area (Å²) in [6, 6.07) is 3.00. The van der Waals surface area contributed by atoms with Crippen LogP contribution in [0.5, 0.6) is 11.5 Å². The van der Waals surface area contributed by atoms with Crippen LogP contribution in [0.3, 0.4) is 0 Å². The molecule has 3 N–H and O–H groups in total. The van der Waals surface area contributed by atoms with Crippen molar-refractivity contribution in [1.29, 1.82) is 0 Å². The number of halogens is 1. The van der Waals surface area contributed by atoms with E-state index >= 15 is 0 Å². The highest BCUT2D eigenvalue weighted by atomic mass is 79.9. The third kappa shape index (κ3) is 4.27. The van der Waals surface area contributed by atoms with Crippen molar-refractivity contribution in [3.63, 3.8) is 0 Å². The van der Waals surface area contributed by atoms with Gasteiger partial charge < -0.3 is 20.3 Å². The first-order chi connectivity index (χ1) is 9.35. The summed E-state index contributed by atoms with van der Waals surface area (Å²) in [6.07, 6.45) is 1.27. The van der Waals surface area contributed by atoms with Crippen molar-refractivity contribution in [3.8, 4) is 11.5 Å². The number of hydrogen-bond donors (Lipinski definition) is 3. The zero-order chi connectivity index (χ0) is 15.3. The summed E-state index contributed by atoms with van der Waals surface area (Å²) in [6.45, 7) is 3.33. The maximum Gasteiger partial charge on any atom is 0.352 e. The van der Waals surface area contributed by atoms with E-state index in [0.717, 1.165) is 0 Å². The van der Waals surface area contributed by atoms with Gasteiger partial charge in [-0.3, -0.25) is 4.79 Å². The standard InChI is InChI=1S/C13H14BrNO5/c1-3-20-11-6-8(4-9(14)12(11)17)5-10(13(18)19)15-7(2)16/h4-6,17H,3H2,1-2H3,(H,15,16)(H,18,19)/b10-5+. The number of rotatable bonds is 5. The molecule has 0 aliphatic rings. The minimum absolute atomic E-state index is 0.0691. The van der Waals surface area contributed by atoms with Crippen molar-refractivity contribution in [2.24, 2.45) is 0 Å². The number of benzene rings is 1. The normalized spacial score (nSPS) is 11.1. The van der Waals surface area contributed by atoms with Gasteiger partial charge in [-0.15, -0.1) is 0 Å². The van der Waals surface area contributed by atoms with E-state index in [1.54, 1.807) is 6.92 Å². The molecule has 0 spiro atoms. The Bertz CT molecular complexity index is 568. The van der Waals surface area contributed by atoms with Gasteiger partial charge in [0.25, 0.3) is 0 Å². The number of amides is 1. The topological polar surface area (TPSA) is 95.9 Å². The molecule has 108 valence electrons. The van der Waals surface area contributed by atoms with Gasteiger partial charge in [-0.2, -0.15) is 0 Å². The van der Waals surface area contributed by atoms with Gasteiger partial charge in [0.05, 0.1) is 11.1 Å². The molecule has 1 aromatic carbocycles. The number of phenols is 1. The summed E-state index contributed by atoms with van der Waals surface area (Å²) in [5.74, 6) is -1.59. The maximum atomic E-state index is 11.0. The third-order valence-corrected chi connectivity index (χ3v) is 2.81. The molecule has 0 aliphatic carbocycles. The molecule has 0 fully saturated rings. The molecule has 0 radical (unpaired) electrons. The van der Waals surface area contributed by atoms with Gasteiger partial charge in [0, 0.05) is 6.92 Å². The van der Waals surface area contributed by atoms with E-state index < -0.39 is 11.9 Å². The quantitative estimate of drug-likeness (QED) is 0.711. The van der Waals surface area contributed by atoms with Gasteiger partial charge in [0.1, 0.15) is 5.70 Å². The number of carbonyl (C=O) groups is 2. The highest BCUT2D eigenvalue weighted by Gasteiger charge is 2.12. The van der Waals surface area contributed by atoms with Crippen molar-refractivity contribution in [1.82, 2.24) is 5.32 Å². The molecule has 0 saturated carbocycles. The predicted molar refractivity (Wildman–Crippen MR) is 76.4 cm³/mol. The SMILES string of the molecule is CCOc1cc(/C=C(/NC(C)=O)C(=O)O)cc(Br)c1O. The fourth-order valence-corrected chi connectivity index (χ4v) is 1.91. The van der Waals surface area contributed by atoms with Gasteiger partial charge in [-0.25, -0.2) is 4.79 Å². The second-order valence-corrected chi connectivity index (χ2v) is 4.68. The van der Waals surface area contributed by atoms with E-state index in [-0.39, 0.29) is 17.2 Å². The second-order valence-electron chi connectivity index (χ2n) is 3.83. The number of hydrogen-bond acceptors (Lipinski definition) is 4. The van der Waals surface area contributed by atoms with Gasteiger partial charge in [0.15, 0.2) is 11.5 Å². The molecule has 0 aliphatic heterocycles. The number of aromatic hydroxyl groups is 1. The number of ether oxygens (including phenoxy) is 1. The van der Waals surface area contributed by atoms with Crippen LogP contribution in [0.1, 0.15) is 19.4 Å². The molecule has 6 nitrogen and oxygen atoms in total. The molecule has 0 unspecified atom stereocenters. The van der Waals surface area contributed by atoms with Crippen LogP contribution < -0.4 is 10.1 Å². The van der Waals surface area contributed by atoms with E-state index in [1.165, 1.54) is 25.1 Å². The molecule has 7 heteroatoms. The van der Waals surface area contributed by atoms with Crippen molar-refractivity contribution in [3.05, 3.63) is 27.9 Å². The number of carbonyl (C=O) groups excluding carboxylic acids is 1. The number of nitrogens with one attached hydrogen (secondary N) is 1. The average molecular weight is 344 g/mol. The molecule has 1 amide bonds. The van der Waals surface area contributed by atoms with E-state index in [2.05, 4.69) is 21.2 Å². The molecule has 1 aromatic rings. The number of aliphatic carboxylic acids is 1. The molecule has 0 bridgehead atoms. The van der Waals surface area contributed by atoms with Crippen LogP contribution >= 0.6 is 15.9 Å². The summed E-state index contributed by atoms with van der Waals surface area (Å²) < 4.78 is 5.60. The molecular weight excluding hydrogens is 330 g/mol. The van der Waals surface area contributed by atoms with E-state index in [4.69, 9.17) is 9.84 Å². The summed E-state index contributed by atoms with van der Waals surface area (Å²) in [4.78, 5) is 22.0. The summed E-state index contributed by atoms with van der Waals surface area (Å²) >= 11 is 3.15. The average Bonchev–Trinajstić information content (AvgIpc) is 2.34. The zero-order valence-electron chi connectivity index (χ0n) is 10.9. The molecule has 0 aromatic heterocycles. The Kier molecular flexibility index (Phi) is 5.57. The molecule has 0 atom stereocenters. The Labute approximate surface area is 124 Å². The molecule has 20 heavy (non-hydrogen) atoms. The minimum Gasteiger partial charge on any atom is -0.503 e. The minimum atomic E-state index is -1.26. The van der Waals surface area contributed by atoms with E-state index in [1.807, 2.05) is 0 Å². The number of carboxylic acid groups (broad SMARTS) is 1. The van der Waals surface area contributed by atoms with E-state index in [0.29, 0.717) is 16.6 Å². The van der Waals surface area contributed by atoms with Crippen molar-refractivity contribution >= 4 is 33.9 Å². The lowest BCUT2D eigenvalue weighted by Crippen LogP contribution is -2.24. The summed E-state index contributed by atoms with van der Waals surface area (Å²) in [5.41, 5.74) is 0.196. The highest BCUT2D eigenvalue weighted by Crippen LogP contribution is 2.36. The molecular formula is C13H14BrNO5. The van der Waals surface area contributed by atoms with Crippen molar-refractivity contribution in [2.45, 2.75) is 13.8 Å². The highest BCUT2D eigenvalue weighted by molar-refractivity contribution is 9.10. The monoisotopic (exact) mass is 343 g/mol. The Balaban J connectivity index is 3.23.